The van der Waals surface area contributed by atoms with Gasteiger partial charge in [-0.3, -0.25) is 19.3 Å². The summed E-state index contributed by atoms with van der Waals surface area (Å²) in [7, 11) is 0. The first-order valence-corrected chi connectivity index (χ1v) is 14.3. The van der Waals surface area contributed by atoms with Crippen LogP contribution in [0.4, 0.5) is 10.8 Å². The highest BCUT2D eigenvalue weighted by Gasteiger charge is 2.66. The lowest BCUT2D eigenvalue weighted by Gasteiger charge is -2.32. The SMILES string of the molecule is Cc1cccc(CN2C(=O)C3(c4ccccc42)c2c(oc4ccccc4c2=O)C(=O)N3c2nnc(CC(C)C)s2)c1. The third-order valence-corrected chi connectivity index (χ3v) is 8.62. The minimum Gasteiger partial charge on any atom is -0.450 e. The molecule has 7 rings (SSSR count). The molecule has 0 saturated carbocycles. The summed E-state index contributed by atoms with van der Waals surface area (Å²) >= 11 is 1.26. The molecule has 0 fully saturated rings. The minimum atomic E-state index is -1.79. The van der Waals surface area contributed by atoms with Gasteiger partial charge >= 0.3 is 0 Å². The van der Waals surface area contributed by atoms with Crippen molar-refractivity contribution in [1.29, 1.82) is 0 Å². The van der Waals surface area contributed by atoms with Gasteiger partial charge in [-0.1, -0.05) is 85.3 Å². The Bertz CT molecular complexity index is 1940. The number of hydrogen-bond acceptors (Lipinski definition) is 7. The van der Waals surface area contributed by atoms with Gasteiger partial charge in [0.05, 0.1) is 23.2 Å². The Morgan fingerprint density at radius 1 is 0.951 bits per heavy atom. The Balaban J connectivity index is 1.52. The van der Waals surface area contributed by atoms with Crippen LogP contribution in [0.2, 0.25) is 0 Å². The van der Waals surface area contributed by atoms with Crippen molar-refractivity contribution < 1.29 is 14.0 Å². The molecule has 0 bridgehead atoms. The summed E-state index contributed by atoms with van der Waals surface area (Å²) in [5.41, 5.74) is 1.27. The van der Waals surface area contributed by atoms with Crippen LogP contribution in [0.1, 0.15) is 51.7 Å². The number of para-hydroxylation sites is 2. The molecule has 204 valence electrons. The molecule has 0 N–H and O–H groups in total. The highest BCUT2D eigenvalue weighted by Crippen LogP contribution is 2.54. The van der Waals surface area contributed by atoms with Crippen molar-refractivity contribution >= 4 is 44.9 Å². The molecule has 3 aromatic carbocycles. The topological polar surface area (TPSA) is 96.6 Å². The summed E-state index contributed by atoms with van der Waals surface area (Å²) in [4.78, 5) is 46.5. The van der Waals surface area contributed by atoms with Crippen LogP contribution < -0.4 is 15.2 Å². The van der Waals surface area contributed by atoms with Gasteiger partial charge in [0.2, 0.25) is 10.9 Å². The van der Waals surface area contributed by atoms with Gasteiger partial charge in [0, 0.05) is 12.0 Å². The monoisotopic (exact) mass is 562 g/mol. The second-order valence-corrected chi connectivity index (χ2v) is 12.0. The molecule has 0 saturated heterocycles. The fourth-order valence-electron chi connectivity index (χ4n) is 6.03. The Morgan fingerprint density at radius 3 is 2.54 bits per heavy atom. The lowest BCUT2D eigenvalue weighted by molar-refractivity contribution is -0.121. The summed E-state index contributed by atoms with van der Waals surface area (Å²) in [6.07, 6.45) is 0.671. The Morgan fingerprint density at radius 2 is 1.73 bits per heavy atom. The number of anilines is 2. The van der Waals surface area contributed by atoms with E-state index in [1.807, 2.05) is 55.5 Å². The molecule has 0 radical (unpaired) electrons. The van der Waals surface area contributed by atoms with Crippen LogP contribution in [0.3, 0.4) is 0 Å². The van der Waals surface area contributed by atoms with E-state index in [2.05, 4.69) is 24.0 Å². The molecular weight excluding hydrogens is 536 g/mol. The van der Waals surface area contributed by atoms with Gasteiger partial charge in [-0.15, -0.1) is 10.2 Å². The smallest absolute Gasteiger partial charge is 0.297 e. The second kappa shape index (κ2) is 9.21. The minimum absolute atomic E-state index is 0.0194. The molecule has 2 aromatic heterocycles. The first-order valence-electron chi connectivity index (χ1n) is 13.5. The van der Waals surface area contributed by atoms with E-state index in [9.17, 15) is 14.4 Å². The number of carbonyl (C=O) groups is 2. The predicted octanol–water partition coefficient (Wildman–Crippen LogP) is 5.60. The lowest BCUT2D eigenvalue weighted by atomic mass is 9.84. The number of hydrogen-bond donors (Lipinski definition) is 0. The summed E-state index contributed by atoms with van der Waals surface area (Å²) in [6.45, 7) is 6.42. The molecule has 2 amide bonds. The normalized spacial score (nSPS) is 17.8. The zero-order valence-corrected chi connectivity index (χ0v) is 23.6. The maximum Gasteiger partial charge on any atom is 0.297 e. The number of fused-ring (bicyclic) bond motifs is 5. The van der Waals surface area contributed by atoms with E-state index in [4.69, 9.17) is 4.42 Å². The van der Waals surface area contributed by atoms with Gasteiger partial charge in [0.1, 0.15) is 10.6 Å². The fraction of sp³-hybridized carbons (Fsp3) is 0.219. The molecular formula is C32H26N4O4S. The number of nitrogens with zero attached hydrogens (tertiary/aromatic N) is 4. The van der Waals surface area contributed by atoms with Crippen molar-refractivity contribution in [1.82, 2.24) is 10.2 Å². The van der Waals surface area contributed by atoms with Gasteiger partial charge in [0.25, 0.3) is 11.8 Å². The van der Waals surface area contributed by atoms with Crippen molar-refractivity contribution in [2.75, 3.05) is 9.80 Å². The van der Waals surface area contributed by atoms with Crippen molar-refractivity contribution in [2.24, 2.45) is 5.92 Å². The summed E-state index contributed by atoms with van der Waals surface area (Å²) in [5, 5.41) is 10.0. The quantitative estimate of drug-likeness (QED) is 0.277. The van der Waals surface area contributed by atoms with E-state index in [1.54, 1.807) is 29.2 Å². The number of benzene rings is 3. The van der Waals surface area contributed by atoms with Gasteiger partial charge in [-0.2, -0.15) is 0 Å². The standard InChI is InChI=1S/C32H26N4O4S/c1-18(2)15-25-33-34-31(41-25)36-29(38)28-26(27(37)21-11-4-7-14-24(21)40-28)32(36)22-12-5-6-13-23(22)35(30(32)39)17-20-10-8-9-19(3)16-20/h4-14,16,18H,15,17H2,1-3H3. The van der Waals surface area contributed by atoms with Gasteiger partial charge in [-0.25, -0.2) is 0 Å². The van der Waals surface area contributed by atoms with Crippen LogP contribution in [0, 0.1) is 12.8 Å². The van der Waals surface area contributed by atoms with Crippen LogP contribution >= 0.6 is 11.3 Å². The Hall–Kier alpha value is -4.63. The van der Waals surface area contributed by atoms with E-state index in [1.165, 1.54) is 16.2 Å². The molecule has 2 aliphatic rings. The Kier molecular flexibility index (Phi) is 5.69. The molecule has 8 nitrogen and oxygen atoms in total. The predicted molar refractivity (Wildman–Crippen MR) is 157 cm³/mol. The van der Waals surface area contributed by atoms with Crippen LogP contribution in [-0.2, 0) is 23.3 Å². The molecule has 41 heavy (non-hydrogen) atoms. The molecule has 9 heteroatoms. The summed E-state index contributed by atoms with van der Waals surface area (Å²) in [6, 6.07) is 22.1. The maximum atomic E-state index is 14.9. The lowest BCUT2D eigenvalue weighted by Crippen LogP contribution is -2.53. The first kappa shape index (κ1) is 25.3. The van der Waals surface area contributed by atoms with Gasteiger partial charge in [0.15, 0.2) is 11.0 Å². The average Bonchev–Trinajstić information content (AvgIpc) is 3.58. The van der Waals surface area contributed by atoms with Crippen LogP contribution in [0.15, 0.2) is 82.0 Å². The Labute approximate surface area is 239 Å². The summed E-state index contributed by atoms with van der Waals surface area (Å²) < 4.78 is 6.13. The summed E-state index contributed by atoms with van der Waals surface area (Å²) in [5.74, 6) is -0.815. The van der Waals surface area contributed by atoms with Crippen molar-refractivity contribution in [3.63, 3.8) is 0 Å². The third-order valence-electron chi connectivity index (χ3n) is 7.69. The third kappa shape index (κ3) is 3.62. The number of carbonyl (C=O) groups excluding carboxylic acids is 2. The van der Waals surface area contributed by atoms with Crippen molar-refractivity contribution in [3.8, 4) is 0 Å². The number of aryl methyl sites for hydroxylation is 1. The average molecular weight is 563 g/mol. The van der Waals surface area contributed by atoms with E-state index in [0.29, 0.717) is 29.0 Å². The van der Waals surface area contributed by atoms with E-state index >= 15 is 0 Å². The largest absolute Gasteiger partial charge is 0.450 e. The van der Waals surface area contributed by atoms with Crippen molar-refractivity contribution in [2.45, 2.75) is 39.3 Å². The maximum absolute atomic E-state index is 14.9. The molecule has 0 aliphatic carbocycles. The first-order chi connectivity index (χ1) is 19.8. The molecule has 2 aliphatic heterocycles. The van der Waals surface area contributed by atoms with Crippen LogP contribution in [-0.4, -0.2) is 22.0 Å². The van der Waals surface area contributed by atoms with Gasteiger partial charge < -0.3 is 9.32 Å². The zero-order chi connectivity index (χ0) is 28.5. The fourth-order valence-corrected chi connectivity index (χ4v) is 7.13. The number of amides is 2. The van der Waals surface area contributed by atoms with E-state index in [0.717, 1.165) is 16.1 Å². The highest BCUT2D eigenvalue weighted by atomic mass is 32.1. The highest BCUT2D eigenvalue weighted by molar-refractivity contribution is 7.15. The van der Waals surface area contributed by atoms with E-state index in [-0.39, 0.29) is 28.6 Å². The van der Waals surface area contributed by atoms with Crippen LogP contribution in [0.25, 0.3) is 11.0 Å². The second-order valence-electron chi connectivity index (χ2n) is 11.0. The molecule has 4 heterocycles. The van der Waals surface area contributed by atoms with Gasteiger partial charge in [-0.05, 0) is 36.6 Å². The van der Waals surface area contributed by atoms with Crippen LogP contribution in [0.5, 0.6) is 0 Å². The molecule has 1 spiro atoms. The zero-order valence-electron chi connectivity index (χ0n) is 22.7. The van der Waals surface area contributed by atoms with E-state index < -0.39 is 22.8 Å². The molecule has 1 atom stereocenters. The molecule has 1 unspecified atom stereocenters. The molecule has 5 aromatic rings. The number of aromatic nitrogens is 2. The number of rotatable bonds is 5. The van der Waals surface area contributed by atoms with Crippen molar-refractivity contribution in [3.05, 3.63) is 116 Å².